The van der Waals surface area contributed by atoms with Crippen LogP contribution in [0.15, 0.2) is 48.5 Å². The average molecular weight is 377 g/mol. The molecule has 7 nitrogen and oxygen atoms in total. The van der Waals surface area contributed by atoms with Crippen LogP contribution in [0.5, 0.6) is 0 Å². The number of carbonyl (C=O) groups is 3. The Kier molecular flexibility index (Phi) is 4.57. The number of carbonyl (C=O) groups excluding carboxylic acids is 3. The zero-order valence-corrected chi connectivity index (χ0v) is 15.3. The van der Waals surface area contributed by atoms with Gasteiger partial charge in [-0.05, 0) is 30.7 Å². The van der Waals surface area contributed by atoms with E-state index in [0.717, 1.165) is 16.5 Å². The molecule has 0 radical (unpaired) electrons. The molecule has 4 rings (SSSR count). The summed E-state index contributed by atoms with van der Waals surface area (Å²) >= 11 is 0. The third-order valence-corrected chi connectivity index (χ3v) is 4.73. The molecule has 1 fully saturated rings. The van der Waals surface area contributed by atoms with Crippen LogP contribution >= 0.6 is 0 Å². The summed E-state index contributed by atoms with van der Waals surface area (Å²) in [6, 6.07) is 14.5. The number of ketones is 1. The number of anilines is 1. The predicted octanol–water partition coefficient (Wildman–Crippen LogP) is 3.25. The van der Waals surface area contributed by atoms with Crippen LogP contribution in [-0.4, -0.2) is 40.8 Å². The fourth-order valence-electron chi connectivity index (χ4n) is 3.41. The Labute approximate surface area is 161 Å². The van der Waals surface area contributed by atoms with E-state index in [-0.39, 0.29) is 6.09 Å². The second-order valence-electron chi connectivity index (χ2n) is 6.69. The molecule has 1 saturated heterocycles. The molecule has 0 atom stereocenters. The van der Waals surface area contributed by atoms with Crippen LogP contribution in [0.1, 0.15) is 21.6 Å². The summed E-state index contributed by atoms with van der Waals surface area (Å²) in [5.41, 5.74) is 3.19. The van der Waals surface area contributed by atoms with Crippen molar-refractivity contribution in [3.63, 3.8) is 0 Å². The number of aryl methyl sites for hydroxylation is 1. The van der Waals surface area contributed by atoms with Crippen LogP contribution < -0.4 is 5.32 Å². The first-order chi connectivity index (χ1) is 13.5. The standard InChI is InChI=1S/C21H19N3O4/c1-13-18(16-7-2-3-8-17(16)22-13)19(25)20(26)23-15-6-4-5-14(11-15)12-24-9-10-28-21(24)27/h2-8,11,22H,9-10,12H2,1H3,(H,23,26). The van der Waals surface area contributed by atoms with E-state index in [9.17, 15) is 14.4 Å². The quantitative estimate of drug-likeness (QED) is 0.527. The highest BCUT2D eigenvalue weighted by Gasteiger charge is 2.24. The molecule has 0 aliphatic carbocycles. The minimum atomic E-state index is -0.703. The second kappa shape index (κ2) is 7.19. The number of aromatic amines is 1. The topological polar surface area (TPSA) is 91.5 Å². The van der Waals surface area contributed by atoms with Gasteiger partial charge in [0.15, 0.2) is 0 Å². The number of hydrogen-bond acceptors (Lipinski definition) is 4. The average Bonchev–Trinajstić information content (AvgIpc) is 3.23. The molecule has 1 aromatic heterocycles. The fraction of sp³-hybridized carbons (Fsp3) is 0.190. The number of amides is 2. The number of H-pyrrole nitrogens is 1. The summed E-state index contributed by atoms with van der Waals surface area (Å²) in [4.78, 5) is 41.6. The van der Waals surface area contributed by atoms with Crippen molar-refractivity contribution in [2.75, 3.05) is 18.5 Å². The Morgan fingerprint density at radius 1 is 1.18 bits per heavy atom. The minimum Gasteiger partial charge on any atom is -0.448 e. The fourth-order valence-corrected chi connectivity index (χ4v) is 3.41. The Morgan fingerprint density at radius 3 is 2.79 bits per heavy atom. The molecule has 0 bridgehead atoms. The van der Waals surface area contributed by atoms with Gasteiger partial charge < -0.3 is 19.9 Å². The second-order valence-corrected chi connectivity index (χ2v) is 6.69. The summed E-state index contributed by atoms with van der Waals surface area (Å²) in [6.45, 7) is 3.08. The number of aromatic nitrogens is 1. The van der Waals surface area contributed by atoms with E-state index >= 15 is 0 Å². The van der Waals surface area contributed by atoms with Crippen molar-refractivity contribution in [3.05, 3.63) is 65.4 Å². The highest BCUT2D eigenvalue weighted by molar-refractivity contribution is 6.48. The zero-order chi connectivity index (χ0) is 19.7. The molecule has 0 spiro atoms. The minimum absolute atomic E-state index is 0.348. The van der Waals surface area contributed by atoms with Crippen molar-refractivity contribution in [3.8, 4) is 0 Å². The van der Waals surface area contributed by atoms with Crippen LogP contribution in [0.4, 0.5) is 10.5 Å². The van der Waals surface area contributed by atoms with Gasteiger partial charge in [0, 0.05) is 28.8 Å². The SMILES string of the molecule is Cc1[nH]c2ccccc2c1C(=O)C(=O)Nc1cccc(CN2CCOC2=O)c1. The van der Waals surface area contributed by atoms with Crippen molar-refractivity contribution in [2.24, 2.45) is 0 Å². The van der Waals surface area contributed by atoms with Crippen molar-refractivity contribution in [2.45, 2.75) is 13.5 Å². The highest BCUT2D eigenvalue weighted by atomic mass is 16.6. The molecule has 28 heavy (non-hydrogen) atoms. The molecule has 0 saturated carbocycles. The van der Waals surface area contributed by atoms with E-state index in [4.69, 9.17) is 4.74 Å². The van der Waals surface area contributed by atoms with E-state index in [1.54, 1.807) is 30.0 Å². The van der Waals surface area contributed by atoms with Crippen LogP contribution in [-0.2, 0) is 16.1 Å². The van der Waals surface area contributed by atoms with Gasteiger partial charge in [0.25, 0.3) is 11.7 Å². The first-order valence-electron chi connectivity index (χ1n) is 8.96. The number of Topliss-reactive ketones (excluding diaryl/α,β-unsaturated/α-hetero) is 1. The molecule has 2 aromatic carbocycles. The number of benzene rings is 2. The monoisotopic (exact) mass is 377 g/mol. The van der Waals surface area contributed by atoms with E-state index in [2.05, 4.69) is 10.3 Å². The van der Waals surface area contributed by atoms with Crippen LogP contribution in [0.3, 0.4) is 0 Å². The van der Waals surface area contributed by atoms with Gasteiger partial charge in [-0.25, -0.2) is 4.79 Å². The summed E-state index contributed by atoms with van der Waals surface area (Å²) < 4.78 is 4.92. The van der Waals surface area contributed by atoms with Gasteiger partial charge in [-0.2, -0.15) is 0 Å². The molecule has 7 heteroatoms. The third kappa shape index (κ3) is 3.34. The van der Waals surface area contributed by atoms with E-state index in [0.29, 0.717) is 36.6 Å². The molecular formula is C21H19N3O4. The van der Waals surface area contributed by atoms with Gasteiger partial charge in [0.2, 0.25) is 0 Å². The number of cyclic esters (lactones) is 1. The van der Waals surface area contributed by atoms with Crippen molar-refractivity contribution >= 4 is 34.4 Å². The Bertz CT molecular complexity index is 1090. The number of hydrogen-bond donors (Lipinski definition) is 2. The van der Waals surface area contributed by atoms with E-state index in [1.807, 2.05) is 30.3 Å². The lowest BCUT2D eigenvalue weighted by Gasteiger charge is -2.13. The maximum absolute atomic E-state index is 12.8. The van der Waals surface area contributed by atoms with Crippen molar-refractivity contribution in [1.29, 1.82) is 0 Å². The summed E-state index contributed by atoms with van der Waals surface area (Å²) in [6.07, 6.45) is -0.348. The number of para-hydroxylation sites is 1. The number of nitrogens with one attached hydrogen (secondary N) is 2. The molecule has 0 unspecified atom stereocenters. The molecule has 1 aliphatic heterocycles. The maximum atomic E-state index is 12.8. The normalized spacial score (nSPS) is 13.6. The summed E-state index contributed by atoms with van der Waals surface area (Å²) in [7, 11) is 0. The van der Waals surface area contributed by atoms with Gasteiger partial charge in [-0.1, -0.05) is 30.3 Å². The Hall–Kier alpha value is -3.61. The molecule has 142 valence electrons. The van der Waals surface area contributed by atoms with E-state index < -0.39 is 11.7 Å². The Balaban J connectivity index is 1.51. The van der Waals surface area contributed by atoms with Crippen molar-refractivity contribution in [1.82, 2.24) is 9.88 Å². The lowest BCUT2D eigenvalue weighted by molar-refractivity contribution is -0.112. The first-order valence-corrected chi connectivity index (χ1v) is 8.96. The molecular weight excluding hydrogens is 358 g/mol. The lowest BCUT2D eigenvalue weighted by Crippen LogP contribution is -2.24. The zero-order valence-electron chi connectivity index (χ0n) is 15.3. The number of fused-ring (bicyclic) bond motifs is 1. The smallest absolute Gasteiger partial charge is 0.410 e. The molecule has 2 heterocycles. The lowest BCUT2D eigenvalue weighted by atomic mass is 10.1. The summed E-state index contributed by atoms with van der Waals surface area (Å²) in [5, 5.41) is 3.38. The molecule has 3 aromatic rings. The van der Waals surface area contributed by atoms with Crippen LogP contribution in [0.2, 0.25) is 0 Å². The number of nitrogens with zero attached hydrogens (tertiary/aromatic N) is 1. The van der Waals surface area contributed by atoms with Gasteiger partial charge in [-0.15, -0.1) is 0 Å². The maximum Gasteiger partial charge on any atom is 0.410 e. The summed E-state index contributed by atoms with van der Waals surface area (Å²) in [5.74, 6) is -1.30. The molecule has 2 N–H and O–H groups in total. The molecule has 1 aliphatic rings. The van der Waals surface area contributed by atoms with Crippen LogP contribution in [0.25, 0.3) is 10.9 Å². The number of ether oxygens (including phenoxy) is 1. The number of rotatable bonds is 5. The largest absolute Gasteiger partial charge is 0.448 e. The van der Waals surface area contributed by atoms with Gasteiger partial charge >= 0.3 is 6.09 Å². The van der Waals surface area contributed by atoms with Crippen molar-refractivity contribution < 1.29 is 19.1 Å². The molecule has 2 amide bonds. The highest BCUT2D eigenvalue weighted by Crippen LogP contribution is 2.23. The first kappa shape index (κ1) is 17.8. The van der Waals surface area contributed by atoms with E-state index in [1.165, 1.54) is 0 Å². The van der Waals surface area contributed by atoms with Gasteiger partial charge in [0.1, 0.15) is 6.61 Å². The predicted molar refractivity (Wildman–Crippen MR) is 104 cm³/mol. The van der Waals surface area contributed by atoms with Gasteiger partial charge in [0.05, 0.1) is 12.1 Å². The van der Waals surface area contributed by atoms with Crippen LogP contribution in [0, 0.1) is 6.92 Å². The third-order valence-electron chi connectivity index (χ3n) is 4.73. The Morgan fingerprint density at radius 2 is 2.00 bits per heavy atom. The van der Waals surface area contributed by atoms with Gasteiger partial charge in [-0.3, -0.25) is 9.59 Å².